The molecule has 0 heterocycles. The van der Waals surface area contributed by atoms with E-state index >= 15 is 0 Å². The summed E-state index contributed by atoms with van der Waals surface area (Å²) >= 11 is 0. The van der Waals surface area contributed by atoms with Crippen LogP contribution in [0.5, 0.6) is 11.5 Å². The van der Waals surface area contributed by atoms with Gasteiger partial charge in [-0.2, -0.15) is 0 Å². The Morgan fingerprint density at radius 2 is 1.85 bits per heavy atom. The fraction of sp³-hybridized carbons (Fsp3) is 0.625. The van der Waals surface area contributed by atoms with Crippen LogP contribution in [0.2, 0.25) is 0 Å². The predicted molar refractivity (Wildman–Crippen MR) is 81.5 cm³/mol. The van der Waals surface area contributed by atoms with Crippen LogP contribution in [0.1, 0.15) is 44.2 Å². The van der Waals surface area contributed by atoms with Gasteiger partial charge in [0, 0.05) is 18.2 Å². The van der Waals surface area contributed by atoms with Gasteiger partial charge in [-0.3, -0.25) is 0 Å². The van der Waals surface area contributed by atoms with Gasteiger partial charge in [0.15, 0.2) is 0 Å². The number of benzene rings is 1. The van der Waals surface area contributed by atoms with Gasteiger partial charge in [0.25, 0.3) is 0 Å². The van der Waals surface area contributed by atoms with E-state index in [0.717, 1.165) is 49.3 Å². The third-order valence-corrected chi connectivity index (χ3v) is 3.44. The fourth-order valence-corrected chi connectivity index (χ4v) is 2.20. The number of ether oxygens (including phenoxy) is 2. The van der Waals surface area contributed by atoms with E-state index in [-0.39, 0.29) is 6.04 Å². The van der Waals surface area contributed by atoms with Crippen LogP contribution in [0.25, 0.3) is 0 Å². The first-order chi connectivity index (χ1) is 9.72. The van der Waals surface area contributed by atoms with Gasteiger partial charge in [0.1, 0.15) is 11.5 Å². The Bertz CT molecular complexity index is 382. The van der Waals surface area contributed by atoms with Crippen LogP contribution in [0.3, 0.4) is 0 Å². The Balaban J connectivity index is 2.47. The van der Waals surface area contributed by atoms with Gasteiger partial charge < -0.3 is 19.9 Å². The van der Waals surface area contributed by atoms with Crippen molar-refractivity contribution in [2.45, 2.75) is 38.6 Å². The summed E-state index contributed by atoms with van der Waals surface area (Å²) in [6.45, 7) is 3.39. The molecule has 1 aromatic carbocycles. The number of hydrogen-bond donors (Lipinski definition) is 2. The second kappa shape index (κ2) is 9.61. The molecule has 1 unspecified atom stereocenters. The average molecular weight is 281 g/mol. The van der Waals surface area contributed by atoms with Gasteiger partial charge in [-0.05, 0) is 44.5 Å². The molecule has 0 saturated carbocycles. The lowest BCUT2D eigenvalue weighted by molar-refractivity contribution is 0.282. The molecule has 4 heteroatoms. The van der Waals surface area contributed by atoms with Crippen LogP contribution in [-0.4, -0.2) is 32.5 Å². The number of aliphatic hydroxyl groups excluding tert-OH is 1. The number of rotatable bonds is 10. The molecule has 0 aliphatic rings. The first-order valence-electron chi connectivity index (χ1n) is 7.29. The van der Waals surface area contributed by atoms with E-state index in [1.54, 1.807) is 14.2 Å². The lowest BCUT2D eigenvalue weighted by atomic mass is 10.1. The van der Waals surface area contributed by atoms with Gasteiger partial charge in [-0.15, -0.1) is 0 Å². The topological polar surface area (TPSA) is 50.7 Å². The van der Waals surface area contributed by atoms with Crippen LogP contribution in [0.15, 0.2) is 18.2 Å². The summed E-state index contributed by atoms with van der Waals surface area (Å²) < 4.78 is 10.7. The van der Waals surface area contributed by atoms with Crippen LogP contribution in [-0.2, 0) is 0 Å². The molecule has 2 N–H and O–H groups in total. The second-order valence-corrected chi connectivity index (χ2v) is 4.92. The summed E-state index contributed by atoms with van der Waals surface area (Å²) in [5.41, 5.74) is 1.11. The highest BCUT2D eigenvalue weighted by molar-refractivity contribution is 5.42. The number of methoxy groups -OCH3 is 2. The summed E-state index contributed by atoms with van der Waals surface area (Å²) in [6, 6.07) is 6.08. The maximum absolute atomic E-state index is 8.73. The number of nitrogens with one attached hydrogen (secondary N) is 1. The normalized spacial score (nSPS) is 12.2. The lowest BCUT2D eigenvalue weighted by Crippen LogP contribution is -2.20. The van der Waals surface area contributed by atoms with Gasteiger partial charge in [0.05, 0.1) is 14.2 Å². The van der Waals surface area contributed by atoms with Crippen molar-refractivity contribution < 1.29 is 14.6 Å². The summed E-state index contributed by atoms with van der Waals surface area (Å²) in [5.74, 6) is 1.73. The van der Waals surface area contributed by atoms with Gasteiger partial charge in [-0.1, -0.05) is 12.8 Å². The van der Waals surface area contributed by atoms with Crippen molar-refractivity contribution in [3.63, 3.8) is 0 Å². The summed E-state index contributed by atoms with van der Waals surface area (Å²) in [7, 11) is 3.36. The molecule has 4 nitrogen and oxygen atoms in total. The smallest absolute Gasteiger partial charge is 0.123 e. The highest BCUT2D eigenvalue weighted by atomic mass is 16.5. The average Bonchev–Trinajstić information content (AvgIpc) is 2.49. The van der Waals surface area contributed by atoms with Crippen molar-refractivity contribution in [2.75, 3.05) is 27.4 Å². The Morgan fingerprint density at radius 3 is 2.50 bits per heavy atom. The highest BCUT2D eigenvalue weighted by Crippen LogP contribution is 2.29. The van der Waals surface area contributed by atoms with E-state index in [1.807, 2.05) is 18.2 Å². The van der Waals surface area contributed by atoms with E-state index in [1.165, 1.54) is 0 Å². The number of hydrogen-bond acceptors (Lipinski definition) is 4. The zero-order valence-corrected chi connectivity index (χ0v) is 12.8. The lowest BCUT2D eigenvalue weighted by Gasteiger charge is -2.18. The Hall–Kier alpha value is -1.26. The Morgan fingerprint density at radius 1 is 1.10 bits per heavy atom. The minimum Gasteiger partial charge on any atom is -0.497 e. The molecule has 0 saturated heterocycles. The minimum atomic E-state index is 0.220. The monoisotopic (exact) mass is 281 g/mol. The van der Waals surface area contributed by atoms with Crippen LogP contribution < -0.4 is 14.8 Å². The van der Waals surface area contributed by atoms with Crippen molar-refractivity contribution in [1.29, 1.82) is 0 Å². The van der Waals surface area contributed by atoms with E-state index < -0.39 is 0 Å². The highest BCUT2D eigenvalue weighted by Gasteiger charge is 2.12. The third-order valence-electron chi connectivity index (χ3n) is 3.44. The minimum absolute atomic E-state index is 0.220. The molecule has 1 aromatic rings. The molecule has 0 fully saturated rings. The summed E-state index contributed by atoms with van der Waals surface area (Å²) in [6.07, 6.45) is 4.26. The zero-order chi connectivity index (χ0) is 14.8. The number of aliphatic hydroxyl groups is 1. The molecule has 0 aliphatic carbocycles. The summed E-state index contributed by atoms with van der Waals surface area (Å²) in [5, 5.41) is 12.2. The predicted octanol–water partition coefficient (Wildman–Crippen LogP) is 2.91. The van der Waals surface area contributed by atoms with Crippen molar-refractivity contribution in [1.82, 2.24) is 5.32 Å². The number of unbranched alkanes of at least 4 members (excludes halogenated alkanes) is 3. The van der Waals surface area contributed by atoms with Crippen molar-refractivity contribution in [3.8, 4) is 11.5 Å². The van der Waals surface area contributed by atoms with Crippen molar-refractivity contribution in [2.24, 2.45) is 0 Å². The Kier molecular flexibility index (Phi) is 8.07. The van der Waals surface area contributed by atoms with Crippen LogP contribution in [0, 0.1) is 0 Å². The Labute approximate surface area is 122 Å². The first kappa shape index (κ1) is 16.8. The van der Waals surface area contributed by atoms with E-state index in [4.69, 9.17) is 14.6 Å². The molecular weight excluding hydrogens is 254 g/mol. The van der Waals surface area contributed by atoms with Gasteiger partial charge in [0.2, 0.25) is 0 Å². The molecule has 0 aromatic heterocycles. The van der Waals surface area contributed by atoms with Crippen molar-refractivity contribution >= 4 is 0 Å². The molecule has 0 bridgehead atoms. The van der Waals surface area contributed by atoms with Gasteiger partial charge >= 0.3 is 0 Å². The second-order valence-electron chi connectivity index (χ2n) is 4.92. The van der Waals surface area contributed by atoms with E-state index in [9.17, 15) is 0 Å². The fourth-order valence-electron chi connectivity index (χ4n) is 2.20. The van der Waals surface area contributed by atoms with Crippen LogP contribution in [0.4, 0.5) is 0 Å². The molecule has 0 spiro atoms. The molecule has 0 radical (unpaired) electrons. The maximum atomic E-state index is 8.73. The molecule has 1 atom stereocenters. The molecule has 0 aliphatic heterocycles. The third kappa shape index (κ3) is 5.39. The SMILES string of the molecule is COc1ccc(OC)c(C(C)NCCCCCCO)c1. The molecule has 0 amide bonds. The maximum Gasteiger partial charge on any atom is 0.123 e. The molecule has 20 heavy (non-hydrogen) atoms. The summed E-state index contributed by atoms with van der Waals surface area (Å²) in [4.78, 5) is 0. The van der Waals surface area contributed by atoms with E-state index in [0.29, 0.717) is 6.61 Å². The van der Waals surface area contributed by atoms with E-state index in [2.05, 4.69) is 12.2 Å². The molecule has 1 rings (SSSR count). The standard InChI is InChI=1S/C16H27NO3/c1-13(17-10-6-4-5-7-11-18)15-12-14(19-2)8-9-16(15)20-3/h8-9,12-13,17-18H,4-7,10-11H2,1-3H3. The van der Waals surface area contributed by atoms with Gasteiger partial charge in [-0.25, -0.2) is 0 Å². The molecular formula is C16H27NO3. The van der Waals surface area contributed by atoms with Crippen molar-refractivity contribution in [3.05, 3.63) is 23.8 Å². The zero-order valence-electron chi connectivity index (χ0n) is 12.8. The first-order valence-corrected chi connectivity index (χ1v) is 7.29. The quantitative estimate of drug-likeness (QED) is 0.647. The molecule has 114 valence electrons. The largest absolute Gasteiger partial charge is 0.497 e. The van der Waals surface area contributed by atoms with Crippen LogP contribution >= 0.6 is 0 Å².